The molecular weight excluding hydrogens is 246 g/mol. The lowest BCUT2D eigenvalue weighted by atomic mass is 10.2. The minimum atomic E-state index is 0.509. The molecule has 0 bridgehead atoms. The van der Waals surface area contributed by atoms with Crippen LogP contribution in [0.2, 0.25) is 0 Å². The van der Waals surface area contributed by atoms with E-state index in [1.165, 1.54) is 5.56 Å². The van der Waals surface area contributed by atoms with Crippen LogP contribution in [0.5, 0.6) is 0 Å². The number of allylic oxidation sites excluding steroid dienone is 1. The molecule has 0 saturated carbocycles. The lowest BCUT2D eigenvalue weighted by molar-refractivity contribution is 0.671. The second-order valence-electron chi connectivity index (χ2n) is 4.78. The highest BCUT2D eigenvalue weighted by Gasteiger charge is 2.09. The van der Waals surface area contributed by atoms with Gasteiger partial charge in [0.15, 0.2) is 0 Å². The fourth-order valence-electron chi connectivity index (χ4n) is 2.53. The molecule has 3 heteroatoms. The molecule has 0 aliphatic rings. The first kappa shape index (κ1) is 12.5. The van der Waals surface area contributed by atoms with Crippen LogP contribution in [0.3, 0.4) is 0 Å². The summed E-state index contributed by atoms with van der Waals surface area (Å²) in [6, 6.07) is 18.4. The summed E-state index contributed by atoms with van der Waals surface area (Å²) >= 11 is 0. The van der Waals surface area contributed by atoms with Crippen molar-refractivity contribution in [2.75, 3.05) is 0 Å². The van der Waals surface area contributed by atoms with Crippen LogP contribution in [0.25, 0.3) is 11.0 Å². The zero-order valence-corrected chi connectivity index (χ0v) is 11.3. The van der Waals surface area contributed by atoms with Crippen molar-refractivity contribution >= 4 is 11.0 Å². The summed E-state index contributed by atoms with van der Waals surface area (Å²) in [6.45, 7) is 5.15. The van der Waals surface area contributed by atoms with Crippen molar-refractivity contribution in [2.24, 2.45) is 0 Å². The quantitative estimate of drug-likeness (QED) is 0.702. The Labute approximate surface area is 117 Å². The van der Waals surface area contributed by atoms with Gasteiger partial charge in [0.1, 0.15) is 0 Å². The summed E-state index contributed by atoms with van der Waals surface area (Å²) in [5, 5.41) is 8.41. The van der Waals surface area contributed by atoms with Crippen LogP contribution >= 0.6 is 0 Å². The van der Waals surface area contributed by atoms with Gasteiger partial charge in [0.25, 0.3) is 0 Å². The molecule has 1 aromatic heterocycles. The van der Waals surface area contributed by atoms with E-state index in [4.69, 9.17) is 5.41 Å². The summed E-state index contributed by atoms with van der Waals surface area (Å²) in [5.74, 6) is 0. The van der Waals surface area contributed by atoms with Gasteiger partial charge in [-0.25, -0.2) is 0 Å². The maximum absolute atomic E-state index is 8.41. The number of para-hydroxylation sites is 2. The van der Waals surface area contributed by atoms with E-state index in [0.717, 1.165) is 11.0 Å². The van der Waals surface area contributed by atoms with Crippen LogP contribution in [0.15, 0.2) is 67.3 Å². The molecular formula is C17H17N3. The average Bonchev–Trinajstić information content (AvgIpc) is 2.75. The van der Waals surface area contributed by atoms with E-state index in [1.807, 2.05) is 45.5 Å². The zero-order valence-electron chi connectivity index (χ0n) is 11.3. The number of nitrogens with zero attached hydrogens (tertiary/aromatic N) is 2. The van der Waals surface area contributed by atoms with Gasteiger partial charge >= 0.3 is 0 Å². The van der Waals surface area contributed by atoms with Crippen LogP contribution in [0.4, 0.5) is 0 Å². The third-order valence-corrected chi connectivity index (χ3v) is 3.47. The van der Waals surface area contributed by atoms with E-state index < -0.39 is 0 Å². The molecule has 3 nitrogen and oxygen atoms in total. The zero-order chi connectivity index (χ0) is 13.9. The minimum Gasteiger partial charge on any atom is -0.307 e. The highest BCUT2D eigenvalue weighted by atomic mass is 15.2. The van der Waals surface area contributed by atoms with Crippen LogP contribution in [-0.2, 0) is 13.1 Å². The first-order valence-corrected chi connectivity index (χ1v) is 6.68. The van der Waals surface area contributed by atoms with E-state index in [2.05, 4.69) is 30.8 Å². The molecule has 0 unspecified atom stereocenters. The number of rotatable bonds is 4. The highest BCUT2D eigenvalue weighted by Crippen LogP contribution is 2.14. The van der Waals surface area contributed by atoms with Crippen molar-refractivity contribution < 1.29 is 0 Å². The number of hydrogen-bond acceptors (Lipinski definition) is 1. The number of imidazole rings is 1. The summed E-state index contributed by atoms with van der Waals surface area (Å²) in [5.41, 5.74) is 3.87. The van der Waals surface area contributed by atoms with Gasteiger partial charge in [-0.2, -0.15) is 0 Å². The Morgan fingerprint density at radius 3 is 2.15 bits per heavy atom. The molecule has 0 aliphatic heterocycles. The Bertz CT molecular complexity index is 794. The van der Waals surface area contributed by atoms with Crippen molar-refractivity contribution in [1.29, 1.82) is 5.41 Å². The predicted octanol–water partition coefficient (Wildman–Crippen LogP) is 3.16. The summed E-state index contributed by atoms with van der Waals surface area (Å²) in [6.07, 6.45) is 1.83. The van der Waals surface area contributed by atoms with Crippen LogP contribution < -0.4 is 5.62 Å². The number of benzene rings is 2. The Kier molecular flexibility index (Phi) is 3.25. The van der Waals surface area contributed by atoms with Crippen LogP contribution in [0, 0.1) is 5.41 Å². The van der Waals surface area contributed by atoms with Crippen molar-refractivity contribution in [3.63, 3.8) is 0 Å². The van der Waals surface area contributed by atoms with Crippen molar-refractivity contribution in [3.8, 4) is 0 Å². The van der Waals surface area contributed by atoms with Gasteiger partial charge in [-0.05, 0) is 17.7 Å². The van der Waals surface area contributed by atoms with Gasteiger partial charge in [0, 0.05) is 6.54 Å². The van der Waals surface area contributed by atoms with Crippen molar-refractivity contribution in [1.82, 2.24) is 9.13 Å². The summed E-state index contributed by atoms with van der Waals surface area (Å²) < 4.78 is 4.01. The van der Waals surface area contributed by atoms with Gasteiger partial charge in [0.05, 0.1) is 17.6 Å². The lowest BCUT2D eigenvalue weighted by Crippen LogP contribution is -2.24. The predicted molar refractivity (Wildman–Crippen MR) is 81.5 cm³/mol. The number of hydrogen-bond donors (Lipinski definition) is 1. The minimum absolute atomic E-state index is 0.509. The van der Waals surface area contributed by atoms with Gasteiger partial charge in [-0.15, -0.1) is 6.58 Å². The normalized spacial score (nSPS) is 10.8. The monoisotopic (exact) mass is 263 g/mol. The summed E-state index contributed by atoms with van der Waals surface area (Å²) in [4.78, 5) is 0. The van der Waals surface area contributed by atoms with Gasteiger partial charge in [0.2, 0.25) is 5.62 Å². The topological polar surface area (TPSA) is 33.7 Å². The maximum atomic E-state index is 8.41. The second kappa shape index (κ2) is 5.21. The van der Waals surface area contributed by atoms with E-state index in [1.54, 1.807) is 0 Å². The largest absolute Gasteiger partial charge is 0.307 e. The first-order valence-electron chi connectivity index (χ1n) is 6.68. The molecule has 0 amide bonds. The smallest absolute Gasteiger partial charge is 0.203 e. The number of nitrogens with one attached hydrogen (secondary N) is 1. The lowest BCUT2D eigenvalue weighted by Gasteiger charge is -2.04. The van der Waals surface area contributed by atoms with E-state index in [-0.39, 0.29) is 0 Å². The Hall–Kier alpha value is -2.55. The molecule has 0 aliphatic carbocycles. The standard InChI is InChI=1S/C17H17N3/c1-2-12-19-15-10-6-7-11-16(15)20(17(19)18)13-14-8-4-3-5-9-14/h2-11,18H,1,12-13H2. The van der Waals surface area contributed by atoms with E-state index >= 15 is 0 Å². The average molecular weight is 263 g/mol. The molecule has 0 fully saturated rings. The van der Waals surface area contributed by atoms with Crippen molar-refractivity contribution in [3.05, 3.63) is 78.4 Å². The van der Waals surface area contributed by atoms with Gasteiger partial charge < -0.3 is 9.13 Å². The van der Waals surface area contributed by atoms with E-state index in [0.29, 0.717) is 18.7 Å². The van der Waals surface area contributed by atoms with E-state index in [9.17, 15) is 0 Å². The summed E-state index contributed by atoms with van der Waals surface area (Å²) in [7, 11) is 0. The molecule has 3 aromatic rings. The Balaban J connectivity index is 2.18. The molecule has 20 heavy (non-hydrogen) atoms. The SMILES string of the molecule is C=CCn1c(=N)n(Cc2ccccc2)c2ccccc21. The third kappa shape index (κ3) is 2.07. The van der Waals surface area contributed by atoms with Crippen LogP contribution in [-0.4, -0.2) is 9.13 Å². The molecule has 0 spiro atoms. The number of aromatic nitrogens is 2. The fourth-order valence-corrected chi connectivity index (χ4v) is 2.53. The maximum Gasteiger partial charge on any atom is 0.203 e. The molecule has 2 aromatic carbocycles. The Morgan fingerprint density at radius 2 is 1.50 bits per heavy atom. The van der Waals surface area contributed by atoms with Crippen LogP contribution in [0.1, 0.15) is 5.56 Å². The Morgan fingerprint density at radius 1 is 0.900 bits per heavy atom. The number of fused-ring (bicyclic) bond motifs is 1. The molecule has 0 atom stereocenters. The third-order valence-electron chi connectivity index (χ3n) is 3.47. The molecule has 0 saturated heterocycles. The van der Waals surface area contributed by atoms with Gasteiger partial charge in [-0.3, -0.25) is 5.41 Å². The molecule has 1 heterocycles. The molecule has 3 rings (SSSR count). The first-order chi connectivity index (χ1) is 9.81. The van der Waals surface area contributed by atoms with Crippen molar-refractivity contribution in [2.45, 2.75) is 13.1 Å². The molecule has 100 valence electrons. The fraction of sp³-hybridized carbons (Fsp3) is 0.118. The molecule has 0 radical (unpaired) electrons. The van der Waals surface area contributed by atoms with Gasteiger partial charge in [-0.1, -0.05) is 48.5 Å². The molecule has 1 N–H and O–H groups in total. The second-order valence-corrected chi connectivity index (χ2v) is 4.78. The highest BCUT2D eigenvalue weighted by molar-refractivity contribution is 5.76.